The summed E-state index contributed by atoms with van der Waals surface area (Å²) in [6.45, 7) is 4.15. The first-order valence-electron chi connectivity index (χ1n) is 3.51. The van der Waals surface area contributed by atoms with Gasteiger partial charge < -0.3 is 15.1 Å². The Kier molecular flexibility index (Phi) is 10.5. The summed E-state index contributed by atoms with van der Waals surface area (Å²) in [5.41, 5.74) is 2.56. The Morgan fingerprint density at radius 1 is 1.08 bits per heavy atom. The SMILES string of the molecule is Cc1c[c-]cc(C)c1.OB(O)O.[Na+]. The molecule has 0 atom stereocenters. The maximum atomic E-state index is 7.17. The normalized spacial score (nSPS) is 7.77. The molecule has 0 heterocycles. The van der Waals surface area contributed by atoms with Crippen molar-refractivity contribution in [3.05, 3.63) is 35.4 Å². The average Bonchev–Trinajstić information content (AvgIpc) is 1.84. The molecule has 0 aliphatic heterocycles. The molecule has 0 spiro atoms. The standard InChI is InChI=1S/C8H9.BH3O3.Na/c1-7-4-3-5-8(2)6-7;2-1(3)4;/h4-6H,1-2H3;2-4H;/q-1;;+1. The quantitative estimate of drug-likeness (QED) is 0.303. The minimum Gasteiger partial charge on any atom is -0.402 e. The number of hydrogen-bond acceptors (Lipinski definition) is 3. The first kappa shape index (κ1) is 15.6. The molecule has 0 saturated carbocycles. The average molecular weight is 190 g/mol. The molecule has 3 nitrogen and oxygen atoms in total. The van der Waals surface area contributed by atoms with Crippen molar-refractivity contribution in [2.75, 3.05) is 0 Å². The number of hydrogen-bond donors (Lipinski definition) is 3. The summed E-state index contributed by atoms with van der Waals surface area (Å²) in [7, 11) is -2.17. The molecule has 0 saturated heterocycles. The zero-order valence-corrected chi connectivity index (χ0v) is 10.2. The van der Waals surface area contributed by atoms with E-state index in [1.165, 1.54) is 11.1 Å². The van der Waals surface area contributed by atoms with E-state index in [-0.39, 0.29) is 29.6 Å². The van der Waals surface area contributed by atoms with Crippen LogP contribution in [0.1, 0.15) is 11.1 Å². The summed E-state index contributed by atoms with van der Waals surface area (Å²) >= 11 is 0. The molecule has 1 aromatic carbocycles. The van der Waals surface area contributed by atoms with Crippen molar-refractivity contribution in [1.82, 2.24) is 0 Å². The van der Waals surface area contributed by atoms with E-state index in [9.17, 15) is 0 Å². The largest absolute Gasteiger partial charge is 1.00 e. The zero-order valence-electron chi connectivity index (χ0n) is 8.15. The van der Waals surface area contributed by atoms with Gasteiger partial charge in [0.05, 0.1) is 0 Å². The van der Waals surface area contributed by atoms with Crippen LogP contribution in [0.4, 0.5) is 0 Å². The second-order valence-corrected chi connectivity index (χ2v) is 2.43. The Labute approximate surface area is 101 Å². The molecule has 0 unspecified atom stereocenters. The van der Waals surface area contributed by atoms with E-state index >= 15 is 0 Å². The van der Waals surface area contributed by atoms with Crippen molar-refractivity contribution in [1.29, 1.82) is 0 Å². The van der Waals surface area contributed by atoms with Crippen molar-refractivity contribution in [3.8, 4) is 0 Å². The monoisotopic (exact) mass is 190 g/mol. The molecule has 1 aromatic rings. The van der Waals surface area contributed by atoms with Crippen LogP contribution in [0.3, 0.4) is 0 Å². The molecule has 0 radical (unpaired) electrons. The number of rotatable bonds is 0. The molecule has 3 N–H and O–H groups in total. The van der Waals surface area contributed by atoms with E-state index in [4.69, 9.17) is 15.1 Å². The molecule has 0 aliphatic carbocycles. The van der Waals surface area contributed by atoms with E-state index in [1.807, 2.05) is 12.1 Å². The molecule has 1 rings (SSSR count). The van der Waals surface area contributed by atoms with Crippen molar-refractivity contribution in [2.45, 2.75) is 13.8 Å². The van der Waals surface area contributed by atoms with Gasteiger partial charge in [-0.3, -0.25) is 0 Å². The van der Waals surface area contributed by atoms with E-state index in [2.05, 4.69) is 26.0 Å². The van der Waals surface area contributed by atoms with Crippen molar-refractivity contribution in [3.63, 3.8) is 0 Å². The smallest absolute Gasteiger partial charge is 0.402 e. The predicted octanol–water partition coefficient (Wildman–Crippen LogP) is -2.94. The van der Waals surface area contributed by atoms with Gasteiger partial charge in [-0.1, -0.05) is 13.8 Å². The van der Waals surface area contributed by atoms with Crippen molar-refractivity contribution in [2.24, 2.45) is 0 Å². The van der Waals surface area contributed by atoms with Crippen LogP contribution in [0, 0.1) is 19.9 Å². The molecule has 0 aliphatic rings. The third-order valence-corrected chi connectivity index (χ3v) is 1.08. The fourth-order valence-electron chi connectivity index (χ4n) is 0.747. The molecule has 13 heavy (non-hydrogen) atoms. The Bertz CT molecular complexity index is 210. The van der Waals surface area contributed by atoms with Crippen LogP contribution in [0.25, 0.3) is 0 Å². The maximum absolute atomic E-state index is 7.17. The van der Waals surface area contributed by atoms with Gasteiger partial charge in [0.25, 0.3) is 0 Å². The van der Waals surface area contributed by atoms with Crippen LogP contribution in [0.15, 0.2) is 18.2 Å². The minimum atomic E-state index is -2.17. The summed E-state index contributed by atoms with van der Waals surface area (Å²) in [5.74, 6) is 0. The Balaban J connectivity index is 0. The van der Waals surface area contributed by atoms with E-state index in [1.54, 1.807) is 0 Å². The summed E-state index contributed by atoms with van der Waals surface area (Å²) < 4.78 is 0. The Morgan fingerprint density at radius 2 is 1.38 bits per heavy atom. The van der Waals surface area contributed by atoms with Gasteiger partial charge in [-0.25, -0.2) is 0 Å². The first-order valence-corrected chi connectivity index (χ1v) is 3.51. The van der Waals surface area contributed by atoms with Crippen LogP contribution >= 0.6 is 0 Å². The van der Waals surface area contributed by atoms with Gasteiger partial charge in [0.2, 0.25) is 0 Å². The van der Waals surface area contributed by atoms with E-state index in [0.29, 0.717) is 0 Å². The molecule has 0 bridgehead atoms. The third kappa shape index (κ3) is 12.2. The molecular formula is C8H12BNaO3. The summed E-state index contributed by atoms with van der Waals surface area (Å²) in [4.78, 5) is 0. The van der Waals surface area contributed by atoms with Crippen LogP contribution < -0.4 is 29.6 Å². The molecule has 5 heteroatoms. The number of aryl methyl sites for hydroxylation is 2. The summed E-state index contributed by atoms with van der Waals surface area (Å²) in [5, 5.41) is 21.5. The second-order valence-electron chi connectivity index (χ2n) is 2.43. The third-order valence-electron chi connectivity index (χ3n) is 1.08. The fraction of sp³-hybridized carbons (Fsp3) is 0.250. The fourth-order valence-corrected chi connectivity index (χ4v) is 0.747. The maximum Gasteiger partial charge on any atom is 1.00 e. The topological polar surface area (TPSA) is 60.7 Å². The zero-order chi connectivity index (χ0) is 9.56. The summed E-state index contributed by atoms with van der Waals surface area (Å²) in [6.07, 6.45) is 0. The molecule has 0 fully saturated rings. The van der Waals surface area contributed by atoms with Crippen LogP contribution in [-0.4, -0.2) is 22.4 Å². The van der Waals surface area contributed by atoms with Gasteiger partial charge >= 0.3 is 36.9 Å². The first-order chi connectivity index (χ1) is 5.52. The van der Waals surface area contributed by atoms with Gasteiger partial charge in [0, 0.05) is 0 Å². The Morgan fingerprint density at radius 3 is 1.54 bits per heavy atom. The van der Waals surface area contributed by atoms with Crippen molar-refractivity contribution < 1.29 is 44.6 Å². The molecule has 0 aromatic heterocycles. The van der Waals surface area contributed by atoms with Gasteiger partial charge in [0.1, 0.15) is 0 Å². The molecule has 66 valence electrons. The van der Waals surface area contributed by atoms with Gasteiger partial charge in [-0.15, -0.1) is 0 Å². The van der Waals surface area contributed by atoms with Gasteiger partial charge in [-0.05, 0) is 0 Å². The van der Waals surface area contributed by atoms with Gasteiger partial charge in [0.15, 0.2) is 0 Å². The van der Waals surface area contributed by atoms with Crippen LogP contribution in [-0.2, 0) is 0 Å². The molecular weight excluding hydrogens is 178 g/mol. The number of benzene rings is 1. The molecule has 0 amide bonds. The van der Waals surface area contributed by atoms with Crippen LogP contribution in [0.2, 0.25) is 0 Å². The Hall–Kier alpha value is 0.165. The second kappa shape index (κ2) is 8.75. The van der Waals surface area contributed by atoms with E-state index < -0.39 is 7.32 Å². The van der Waals surface area contributed by atoms with Crippen LogP contribution in [0.5, 0.6) is 0 Å². The summed E-state index contributed by atoms with van der Waals surface area (Å²) in [6, 6.07) is 9.12. The van der Waals surface area contributed by atoms with Gasteiger partial charge in [-0.2, -0.15) is 35.4 Å². The minimum absolute atomic E-state index is 0. The predicted molar refractivity (Wildman–Crippen MR) is 47.2 cm³/mol. The van der Waals surface area contributed by atoms with E-state index in [0.717, 1.165) is 0 Å². The van der Waals surface area contributed by atoms with Crippen molar-refractivity contribution >= 4 is 7.32 Å².